The normalized spacial score (nSPS) is 10.2. The average molecular weight is 362 g/mol. The molecule has 2 aromatic rings. The second-order valence-electron chi connectivity index (χ2n) is 5.78. The van der Waals surface area contributed by atoms with Crippen LogP contribution in [0.2, 0.25) is 5.02 Å². The van der Waals surface area contributed by atoms with Crippen LogP contribution in [0.3, 0.4) is 0 Å². The molecule has 0 spiro atoms. The first-order valence-corrected chi connectivity index (χ1v) is 8.14. The predicted molar refractivity (Wildman–Crippen MR) is 97.2 cm³/mol. The highest BCUT2D eigenvalue weighted by Crippen LogP contribution is 2.19. The maximum atomic E-state index is 11.9. The Hall–Kier alpha value is -2.53. The molecule has 0 bridgehead atoms. The zero-order valence-corrected chi connectivity index (χ0v) is 15.1. The van der Waals surface area contributed by atoms with Crippen LogP contribution in [0.4, 0.5) is 5.69 Å². The summed E-state index contributed by atoms with van der Waals surface area (Å²) in [4.78, 5) is 23.6. The molecule has 0 unspecified atom stereocenters. The van der Waals surface area contributed by atoms with Crippen molar-refractivity contribution in [1.29, 1.82) is 0 Å². The third-order valence-corrected chi connectivity index (χ3v) is 3.61. The van der Waals surface area contributed by atoms with Gasteiger partial charge in [-0.25, -0.2) is 4.79 Å². The highest BCUT2D eigenvalue weighted by atomic mass is 35.5. The van der Waals surface area contributed by atoms with Crippen molar-refractivity contribution in [1.82, 2.24) is 0 Å². The molecule has 25 heavy (non-hydrogen) atoms. The van der Waals surface area contributed by atoms with Gasteiger partial charge in [0.15, 0.2) is 13.2 Å². The van der Waals surface area contributed by atoms with Gasteiger partial charge in [-0.15, -0.1) is 0 Å². The van der Waals surface area contributed by atoms with Crippen molar-refractivity contribution in [2.45, 2.75) is 20.8 Å². The fourth-order valence-electron chi connectivity index (χ4n) is 2.30. The number of carbonyl (C=O) groups is 2. The Balaban J connectivity index is 1.78. The van der Waals surface area contributed by atoms with E-state index < -0.39 is 11.9 Å². The minimum atomic E-state index is -0.609. The monoisotopic (exact) mass is 361 g/mol. The van der Waals surface area contributed by atoms with E-state index in [2.05, 4.69) is 5.32 Å². The molecule has 0 radical (unpaired) electrons. The number of anilines is 1. The van der Waals surface area contributed by atoms with Gasteiger partial charge in [0.25, 0.3) is 5.91 Å². The smallest absolute Gasteiger partial charge is 0.344 e. The van der Waals surface area contributed by atoms with Crippen LogP contribution in [-0.2, 0) is 14.3 Å². The van der Waals surface area contributed by atoms with Crippen molar-refractivity contribution in [2.75, 3.05) is 18.5 Å². The quantitative estimate of drug-likeness (QED) is 0.794. The molecule has 0 atom stereocenters. The van der Waals surface area contributed by atoms with Crippen molar-refractivity contribution in [3.05, 3.63) is 58.1 Å². The first-order valence-electron chi connectivity index (χ1n) is 7.76. The van der Waals surface area contributed by atoms with Gasteiger partial charge in [0.1, 0.15) is 5.75 Å². The molecule has 5 nitrogen and oxygen atoms in total. The number of halogens is 1. The number of hydrogen-bond donors (Lipinski definition) is 1. The first kappa shape index (κ1) is 18.8. The summed E-state index contributed by atoms with van der Waals surface area (Å²) in [6, 6.07) is 10.8. The molecule has 6 heteroatoms. The standard InChI is InChI=1S/C19H20ClNO4/c1-12-6-13(2)8-16(7-12)24-11-19(23)25-10-18(22)21-17-5-4-15(20)9-14(17)3/h4-9H,10-11H2,1-3H3,(H,21,22). The van der Waals surface area contributed by atoms with Gasteiger partial charge in [-0.3, -0.25) is 4.79 Å². The Morgan fingerprint density at radius 3 is 2.32 bits per heavy atom. The molecule has 132 valence electrons. The number of nitrogens with one attached hydrogen (secondary N) is 1. The van der Waals surface area contributed by atoms with Gasteiger partial charge in [0.05, 0.1) is 0 Å². The van der Waals surface area contributed by atoms with E-state index in [4.69, 9.17) is 21.1 Å². The summed E-state index contributed by atoms with van der Waals surface area (Å²) in [6.07, 6.45) is 0. The molecule has 0 aliphatic carbocycles. The zero-order chi connectivity index (χ0) is 18.4. The number of hydrogen-bond acceptors (Lipinski definition) is 4. The Morgan fingerprint density at radius 2 is 1.68 bits per heavy atom. The van der Waals surface area contributed by atoms with Crippen molar-refractivity contribution >= 4 is 29.2 Å². The van der Waals surface area contributed by atoms with Gasteiger partial charge in [-0.1, -0.05) is 17.7 Å². The maximum absolute atomic E-state index is 11.9. The zero-order valence-electron chi connectivity index (χ0n) is 14.4. The molecule has 0 aliphatic heterocycles. The summed E-state index contributed by atoms with van der Waals surface area (Å²) in [5.41, 5.74) is 3.53. The van der Waals surface area contributed by atoms with Crippen LogP contribution in [0.1, 0.15) is 16.7 Å². The largest absolute Gasteiger partial charge is 0.482 e. The predicted octanol–water partition coefficient (Wildman–Crippen LogP) is 3.83. The molecule has 1 N–H and O–H groups in total. The van der Waals surface area contributed by atoms with Gasteiger partial charge < -0.3 is 14.8 Å². The van der Waals surface area contributed by atoms with Crippen LogP contribution in [0.15, 0.2) is 36.4 Å². The molecule has 2 rings (SSSR count). The van der Waals surface area contributed by atoms with E-state index in [0.29, 0.717) is 16.5 Å². The molecule has 0 aliphatic rings. The summed E-state index contributed by atoms with van der Waals surface area (Å²) >= 11 is 5.87. The second-order valence-corrected chi connectivity index (χ2v) is 6.22. The lowest BCUT2D eigenvalue weighted by Crippen LogP contribution is -2.24. The maximum Gasteiger partial charge on any atom is 0.344 e. The molecule has 0 fully saturated rings. The third kappa shape index (κ3) is 6.12. The van der Waals surface area contributed by atoms with Crippen molar-refractivity contribution in [3.63, 3.8) is 0 Å². The summed E-state index contributed by atoms with van der Waals surface area (Å²) in [5.74, 6) is -0.442. The van der Waals surface area contributed by atoms with Crippen LogP contribution in [0, 0.1) is 20.8 Å². The Morgan fingerprint density at radius 1 is 1.00 bits per heavy atom. The lowest BCUT2D eigenvalue weighted by atomic mass is 10.1. The molecule has 1 amide bonds. The van der Waals surface area contributed by atoms with E-state index in [0.717, 1.165) is 16.7 Å². The highest BCUT2D eigenvalue weighted by Gasteiger charge is 2.10. The van der Waals surface area contributed by atoms with Crippen LogP contribution >= 0.6 is 11.6 Å². The lowest BCUT2D eigenvalue weighted by molar-refractivity contribution is -0.149. The molecular weight excluding hydrogens is 342 g/mol. The van der Waals surface area contributed by atoms with Crippen LogP contribution in [0.5, 0.6) is 5.75 Å². The highest BCUT2D eigenvalue weighted by molar-refractivity contribution is 6.30. The molecule has 0 heterocycles. The molecule has 0 aromatic heterocycles. The number of ether oxygens (including phenoxy) is 2. The van der Waals surface area contributed by atoms with Crippen molar-refractivity contribution in [3.8, 4) is 5.75 Å². The molecule has 0 saturated heterocycles. The third-order valence-electron chi connectivity index (χ3n) is 3.38. The Bertz CT molecular complexity index is 769. The van der Waals surface area contributed by atoms with E-state index in [-0.39, 0.29) is 13.2 Å². The lowest BCUT2D eigenvalue weighted by Gasteiger charge is -2.10. The van der Waals surface area contributed by atoms with E-state index in [1.807, 2.05) is 39.0 Å². The van der Waals surface area contributed by atoms with Crippen molar-refractivity contribution < 1.29 is 19.1 Å². The fraction of sp³-hybridized carbons (Fsp3) is 0.263. The number of rotatable bonds is 6. The first-order chi connectivity index (χ1) is 11.8. The molecule has 2 aromatic carbocycles. The number of aryl methyl sites for hydroxylation is 3. The van der Waals surface area contributed by atoms with Gasteiger partial charge in [0, 0.05) is 10.7 Å². The van der Waals surface area contributed by atoms with Gasteiger partial charge in [0.2, 0.25) is 0 Å². The minimum absolute atomic E-state index is 0.254. The SMILES string of the molecule is Cc1cc(C)cc(OCC(=O)OCC(=O)Nc2ccc(Cl)cc2C)c1. The van der Waals surface area contributed by atoms with E-state index in [1.165, 1.54) is 0 Å². The average Bonchev–Trinajstić information content (AvgIpc) is 2.53. The Labute approximate surface area is 151 Å². The summed E-state index contributed by atoms with van der Waals surface area (Å²) < 4.78 is 10.3. The topological polar surface area (TPSA) is 64.6 Å². The number of amides is 1. The fourth-order valence-corrected chi connectivity index (χ4v) is 2.53. The van der Waals surface area contributed by atoms with E-state index >= 15 is 0 Å². The van der Waals surface area contributed by atoms with Crippen LogP contribution < -0.4 is 10.1 Å². The number of benzene rings is 2. The Kier molecular flexibility index (Phi) is 6.42. The number of carbonyl (C=O) groups excluding carboxylic acids is 2. The van der Waals surface area contributed by atoms with Gasteiger partial charge in [-0.05, 0) is 67.8 Å². The van der Waals surface area contributed by atoms with E-state index in [9.17, 15) is 9.59 Å². The summed E-state index contributed by atoms with van der Waals surface area (Å²) in [6.45, 7) is 5.08. The van der Waals surface area contributed by atoms with Gasteiger partial charge in [-0.2, -0.15) is 0 Å². The van der Waals surface area contributed by atoms with Crippen LogP contribution in [-0.4, -0.2) is 25.1 Å². The number of esters is 1. The molecule has 0 saturated carbocycles. The van der Waals surface area contributed by atoms with E-state index in [1.54, 1.807) is 18.2 Å². The van der Waals surface area contributed by atoms with Gasteiger partial charge >= 0.3 is 5.97 Å². The van der Waals surface area contributed by atoms with Crippen molar-refractivity contribution in [2.24, 2.45) is 0 Å². The summed E-state index contributed by atoms with van der Waals surface area (Å²) in [5, 5.41) is 3.25. The van der Waals surface area contributed by atoms with Crippen LogP contribution in [0.25, 0.3) is 0 Å². The summed E-state index contributed by atoms with van der Waals surface area (Å²) in [7, 11) is 0. The molecular formula is C19H20ClNO4. The minimum Gasteiger partial charge on any atom is -0.482 e. The second kappa shape index (κ2) is 8.53.